The first-order valence-corrected chi connectivity index (χ1v) is 7.85. The van der Waals surface area contributed by atoms with Gasteiger partial charge in [0.2, 0.25) is 0 Å². The molecule has 0 N–H and O–H groups in total. The fourth-order valence-corrected chi connectivity index (χ4v) is 2.21. The predicted molar refractivity (Wildman–Crippen MR) is 77.5 cm³/mol. The highest BCUT2D eigenvalue weighted by Crippen LogP contribution is 2.06. The first kappa shape index (κ1) is 15.5. The molecule has 0 saturated carbocycles. The van der Waals surface area contributed by atoms with Crippen LogP contribution in [0.5, 0.6) is 0 Å². The smallest absolute Gasteiger partial charge is 0.158 e. The maximum absolute atomic E-state index is 4.10. The van der Waals surface area contributed by atoms with Crippen molar-refractivity contribution in [3.63, 3.8) is 0 Å². The Hall–Kier alpha value is -1.86. The molecule has 0 aliphatic rings. The first-order valence-electron chi connectivity index (χ1n) is 7.85. The Morgan fingerprint density at radius 1 is 0.714 bits per heavy atom. The van der Waals surface area contributed by atoms with E-state index < -0.39 is 0 Å². The third-order valence-corrected chi connectivity index (χ3v) is 3.48. The molecule has 0 fully saturated rings. The van der Waals surface area contributed by atoms with Crippen LogP contribution in [0.2, 0.25) is 0 Å². The fourth-order valence-electron chi connectivity index (χ4n) is 2.21. The summed E-state index contributed by atoms with van der Waals surface area (Å²) in [6.45, 7) is 6.08. The summed E-state index contributed by atoms with van der Waals surface area (Å²) in [5.41, 5.74) is 0. The van der Waals surface area contributed by atoms with Crippen LogP contribution in [0, 0.1) is 0 Å². The number of hydrogen-bond acceptors (Lipinski definition) is 6. The van der Waals surface area contributed by atoms with Crippen LogP contribution in [0.3, 0.4) is 0 Å². The molecule has 0 amide bonds. The summed E-state index contributed by atoms with van der Waals surface area (Å²) in [5.74, 6) is 1.66. The molecule has 0 spiro atoms. The van der Waals surface area contributed by atoms with Crippen molar-refractivity contribution >= 4 is 0 Å². The van der Waals surface area contributed by atoms with Gasteiger partial charge in [-0.25, -0.2) is 9.36 Å². The lowest BCUT2D eigenvalue weighted by atomic mass is 10.2. The van der Waals surface area contributed by atoms with Gasteiger partial charge in [0.05, 0.1) is 6.42 Å². The third-order valence-electron chi connectivity index (χ3n) is 3.48. The Morgan fingerprint density at radius 2 is 1.19 bits per heavy atom. The van der Waals surface area contributed by atoms with Crippen molar-refractivity contribution in [2.45, 2.75) is 71.9 Å². The van der Waals surface area contributed by atoms with Crippen molar-refractivity contribution in [3.8, 4) is 0 Å². The van der Waals surface area contributed by atoms with Crippen molar-refractivity contribution in [3.05, 3.63) is 11.6 Å². The summed E-state index contributed by atoms with van der Waals surface area (Å²) < 4.78 is 3.72. The van der Waals surface area contributed by atoms with Gasteiger partial charge in [0.1, 0.15) is 0 Å². The minimum Gasteiger partial charge on any atom is -0.229 e. The standard InChI is InChI=1S/C13H24N8/c1-3-5-7-9-20-12(14-16-18-20)11-13-15-17-19-21(13)10-8-6-4-2/h3-11H2,1-2H3. The number of unbranched alkanes of at least 4 members (excludes halogenated alkanes) is 4. The van der Waals surface area contributed by atoms with E-state index in [9.17, 15) is 0 Å². The zero-order valence-electron chi connectivity index (χ0n) is 12.9. The highest BCUT2D eigenvalue weighted by atomic mass is 15.6. The Balaban J connectivity index is 1.95. The number of rotatable bonds is 10. The highest BCUT2D eigenvalue weighted by molar-refractivity contribution is 4.96. The van der Waals surface area contributed by atoms with Crippen LogP contribution in [-0.2, 0) is 19.5 Å². The van der Waals surface area contributed by atoms with Gasteiger partial charge in [0.25, 0.3) is 0 Å². The lowest BCUT2D eigenvalue weighted by Gasteiger charge is -2.05. The summed E-state index contributed by atoms with van der Waals surface area (Å²) >= 11 is 0. The average molecular weight is 292 g/mol. The molecule has 0 saturated heterocycles. The lowest BCUT2D eigenvalue weighted by Crippen LogP contribution is -2.11. The van der Waals surface area contributed by atoms with E-state index in [0.717, 1.165) is 37.6 Å². The summed E-state index contributed by atoms with van der Waals surface area (Å²) in [7, 11) is 0. The van der Waals surface area contributed by atoms with Gasteiger partial charge >= 0.3 is 0 Å². The maximum atomic E-state index is 4.10. The van der Waals surface area contributed by atoms with Crippen molar-refractivity contribution < 1.29 is 0 Å². The zero-order chi connectivity index (χ0) is 14.9. The van der Waals surface area contributed by atoms with Gasteiger partial charge in [-0.05, 0) is 33.7 Å². The summed E-state index contributed by atoms with van der Waals surface area (Å²) in [4.78, 5) is 0. The Bertz CT molecular complexity index is 471. The number of aromatic nitrogens is 8. The van der Waals surface area contributed by atoms with Crippen LogP contribution >= 0.6 is 0 Å². The van der Waals surface area contributed by atoms with Crippen LogP contribution in [0.4, 0.5) is 0 Å². The number of aryl methyl sites for hydroxylation is 2. The summed E-state index contributed by atoms with van der Waals surface area (Å²) in [6.07, 6.45) is 7.52. The van der Waals surface area contributed by atoms with Crippen molar-refractivity contribution in [2.24, 2.45) is 0 Å². The minimum atomic E-state index is 0.582. The fraction of sp³-hybridized carbons (Fsp3) is 0.846. The molecule has 0 unspecified atom stereocenters. The lowest BCUT2D eigenvalue weighted by molar-refractivity contribution is 0.505. The van der Waals surface area contributed by atoms with Crippen LogP contribution < -0.4 is 0 Å². The van der Waals surface area contributed by atoms with Gasteiger partial charge in [-0.15, -0.1) is 10.2 Å². The molecule has 8 heteroatoms. The maximum Gasteiger partial charge on any atom is 0.158 e. The van der Waals surface area contributed by atoms with Crippen molar-refractivity contribution in [1.82, 2.24) is 40.4 Å². The quantitative estimate of drug-likeness (QED) is 0.618. The van der Waals surface area contributed by atoms with Gasteiger partial charge in [0, 0.05) is 13.1 Å². The van der Waals surface area contributed by atoms with Gasteiger partial charge in [0.15, 0.2) is 11.6 Å². The molecule has 0 aliphatic heterocycles. The van der Waals surface area contributed by atoms with E-state index >= 15 is 0 Å². The van der Waals surface area contributed by atoms with E-state index in [1.807, 2.05) is 9.36 Å². The van der Waals surface area contributed by atoms with E-state index in [0.29, 0.717) is 6.42 Å². The topological polar surface area (TPSA) is 87.2 Å². The van der Waals surface area contributed by atoms with Gasteiger partial charge in [-0.1, -0.05) is 39.5 Å². The molecule has 2 aromatic heterocycles. The van der Waals surface area contributed by atoms with Gasteiger partial charge in [-0.2, -0.15) is 0 Å². The normalized spacial score (nSPS) is 11.1. The van der Waals surface area contributed by atoms with E-state index in [2.05, 4.69) is 44.9 Å². The molecule has 21 heavy (non-hydrogen) atoms. The van der Waals surface area contributed by atoms with Gasteiger partial charge in [-0.3, -0.25) is 0 Å². The van der Waals surface area contributed by atoms with E-state index in [1.165, 1.54) is 25.7 Å². The number of nitrogens with zero attached hydrogens (tertiary/aromatic N) is 8. The van der Waals surface area contributed by atoms with Crippen molar-refractivity contribution in [2.75, 3.05) is 0 Å². The van der Waals surface area contributed by atoms with Crippen molar-refractivity contribution in [1.29, 1.82) is 0 Å². The van der Waals surface area contributed by atoms with E-state index in [-0.39, 0.29) is 0 Å². The van der Waals surface area contributed by atoms with E-state index in [1.54, 1.807) is 0 Å². The summed E-state index contributed by atoms with van der Waals surface area (Å²) in [5, 5.41) is 23.8. The molecule has 0 bridgehead atoms. The van der Waals surface area contributed by atoms with Gasteiger partial charge < -0.3 is 0 Å². The molecule has 116 valence electrons. The minimum absolute atomic E-state index is 0.582. The highest BCUT2D eigenvalue weighted by Gasteiger charge is 2.12. The molecule has 2 aromatic rings. The number of tetrazole rings is 2. The predicted octanol–water partition coefficient (Wildman–Crippen LogP) is 1.63. The molecular weight excluding hydrogens is 268 g/mol. The molecule has 2 rings (SSSR count). The second-order valence-corrected chi connectivity index (χ2v) is 5.23. The number of hydrogen-bond donors (Lipinski definition) is 0. The molecule has 0 aromatic carbocycles. The summed E-state index contributed by atoms with van der Waals surface area (Å²) in [6, 6.07) is 0. The third kappa shape index (κ3) is 4.57. The largest absolute Gasteiger partial charge is 0.229 e. The molecule has 2 heterocycles. The van der Waals surface area contributed by atoms with Crippen LogP contribution in [-0.4, -0.2) is 40.4 Å². The Labute approximate surface area is 124 Å². The molecule has 0 atom stereocenters. The zero-order valence-corrected chi connectivity index (χ0v) is 12.9. The second-order valence-electron chi connectivity index (χ2n) is 5.23. The molecule has 0 aliphatic carbocycles. The second kappa shape index (κ2) is 8.43. The molecular formula is C13H24N8. The average Bonchev–Trinajstić information content (AvgIpc) is 3.10. The van der Waals surface area contributed by atoms with Crippen LogP contribution in [0.25, 0.3) is 0 Å². The molecule has 8 nitrogen and oxygen atoms in total. The van der Waals surface area contributed by atoms with Crippen LogP contribution in [0.1, 0.15) is 64.0 Å². The first-order chi connectivity index (χ1) is 10.3. The molecule has 0 radical (unpaired) electrons. The van der Waals surface area contributed by atoms with Crippen LogP contribution in [0.15, 0.2) is 0 Å². The SMILES string of the molecule is CCCCCn1nnnc1Cc1nnnn1CCCCC. The Kier molecular flexibility index (Phi) is 6.23. The monoisotopic (exact) mass is 292 g/mol. The van der Waals surface area contributed by atoms with E-state index in [4.69, 9.17) is 0 Å². The Morgan fingerprint density at radius 3 is 1.62 bits per heavy atom.